The number of unbranched alkanes of at least 4 members (excludes halogenated alkanes) is 2. The molecular formula is C13H27NO6S. The molecule has 1 aliphatic rings. The molecule has 1 aliphatic heterocycles. The first-order valence-corrected chi connectivity index (χ1v) is 9.01. The van der Waals surface area contributed by atoms with Crippen LogP contribution in [-0.4, -0.2) is 71.5 Å². The van der Waals surface area contributed by atoms with Gasteiger partial charge >= 0.3 is 0 Å². The summed E-state index contributed by atoms with van der Waals surface area (Å²) in [5.41, 5.74) is -1.52. The molecule has 0 aliphatic carbocycles. The Balaban J connectivity index is 2.88. The van der Waals surface area contributed by atoms with Crippen LogP contribution in [0.2, 0.25) is 0 Å². The summed E-state index contributed by atoms with van der Waals surface area (Å²) in [6, 6.07) is 0. The molecular weight excluding hydrogens is 298 g/mol. The third-order valence-corrected chi connectivity index (χ3v) is 5.74. The van der Waals surface area contributed by atoms with Crippen molar-refractivity contribution in [2.24, 2.45) is 0 Å². The zero-order chi connectivity index (χ0) is 16.0. The molecule has 0 aromatic heterocycles. The lowest BCUT2D eigenvalue weighted by molar-refractivity contribution is -0.00925. The quantitative estimate of drug-likeness (QED) is 0.535. The first-order chi connectivity index (χ1) is 9.89. The van der Waals surface area contributed by atoms with Crippen LogP contribution >= 0.6 is 0 Å². The van der Waals surface area contributed by atoms with E-state index in [1.165, 1.54) is 4.31 Å². The van der Waals surface area contributed by atoms with Crippen molar-refractivity contribution in [1.29, 1.82) is 0 Å². The number of nitrogens with zero attached hydrogens (tertiary/aromatic N) is 1. The smallest absolute Gasteiger partial charge is 0.244 e. The molecule has 0 spiro atoms. The molecule has 1 saturated heterocycles. The molecule has 1 fully saturated rings. The van der Waals surface area contributed by atoms with Crippen molar-refractivity contribution in [2.45, 2.75) is 63.3 Å². The van der Waals surface area contributed by atoms with Crippen LogP contribution in [0.25, 0.3) is 0 Å². The van der Waals surface area contributed by atoms with E-state index in [4.69, 9.17) is 9.84 Å². The molecule has 0 unspecified atom stereocenters. The highest BCUT2D eigenvalue weighted by Gasteiger charge is 2.50. The van der Waals surface area contributed by atoms with Crippen LogP contribution in [-0.2, 0) is 14.8 Å². The van der Waals surface area contributed by atoms with Crippen LogP contribution in [0.15, 0.2) is 0 Å². The van der Waals surface area contributed by atoms with E-state index in [0.717, 1.165) is 25.7 Å². The van der Waals surface area contributed by atoms with Gasteiger partial charge in [0.05, 0.1) is 6.61 Å². The lowest BCUT2D eigenvalue weighted by Crippen LogP contribution is -2.45. The second kappa shape index (κ2) is 8.40. The number of hydrogen-bond donors (Lipinski definition) is 3. The average Bonchev–Trinajstić information content (AvgIpc) is 2.75. The first kappa shape index (κ1) is 18.8. The molecule has 4 atom stereocenters. The zero-order valence-corrected chi connectivity index (χ0v) is 13.5. The summed E-state index contributed by atoms with van der Waals surface area (Å²) in [6.07, 6.45) is -0.858. The molecule has 0 radical (unpaired) electrons. The molecule has 0 amide bonds. The summed E-state index contributed by atoms with van der Waals surface area (Å²) in [5.74, 6) is 0. The summed E-state index contributed by atoms with van der Waals surface area (Å²) >= 11 is 0. The van der Waals surface area contributed by atoms with Crippen molar-refractivity contribution in [3.8, 4) is 0 Å². The maximum Gasteiger partial charge on any atom is 0.244 e. The molecule has 8 heteroatoms. The molecule has 0 aromatic carbocycles. The molecule has 1 rings (SSSR count). The number of aliphatic hydroxyl groups excluding tert-OH is 3. The average molecular weight is 325 g/mol. The Hall–Kier alpha value is -0.250. The molecule has 21 heavy (non-hydrogen) atoms. The van der Waals surface area contributed by atoms with Gasteiger partial charge in [0.25, 0.3) is 0 Å². The van der Waals surface area contributed by atoms with E-state index in [0.29, 0.717) is 13.1 Å². The Morgan fingerprint density at radius 1 is 1.05 bits per heavy atom. The Morgan fingerprint density at radius 3 is 1.95 bits per heavy atom. The Labute approximate surface area is 126 Å². The van der Waals surface area contributed by atoms with Gasteiger partial charge in [-0.3, -0.25) is 0 Å². The first-order valence-electron chi connectivity index (χ1n) is 7.51. The lowest BCUT2D eigenvalue weighted by atomic mass is 10.2. The summed E-state index contributed by atoms with van der Waals surface area (Å²) in [7, 11) is -3.88. The van der Waals surface area contributed by atoms with E-state index in [9.17, 15) is 18.6 Å². The normalized spacial score (nSPS) is 30.2. The maximum atomic E-state index is 12.6. The van der Waals surface area contributed by atoms with E-state index in [1.54, 1.807) is 0 Å². The highest BCUT2D eigenvalue weighted by atomic mass is 32.2. The molecule has 3 N–H and O–H groups in total. The third kappa shape index (κ3) is 4.37. The predicted octanol–water partition coefficient (Wildman–Crippen LogP) is -0.343. The van der Waals surface area contributed by atoms with Crippen molar-refractivity contribution < 1.29 is 28.5 Å². The predicted molar refractivity (Wildman–Crippen MR) is 78.1 cm³/mol. The Morgan fingerprint density at radius 2 is 1.57 bits per heavy atom. The van der Waals surface area contributed by atoms with Gasteiger partial charge in [-0.05, 0) is 12.8 Å². The number of hydrogen-bond acceptors (Lipinski definition) is 6. The number of sulfonamides is 1. The monoisotopic (exact) mass is 325 g/mol. The fourth-order valence-corrected chi connectivity index (χ4v) is 4.15. The fraction of sp³-hybridized carbons (Fsp3) is 1.00. The van der Waals surface area contributed by atoms with Crippen molar-refractivity contribution in [1.82, 2.24) is 4.31 Å². The SMILES string of the molecule is CCCCN(CCCC)S(=O)(=O)[C@@H]1O[C@@H](CO)[C@H](O)[C@H]1O. The van der Waals surface area contributed by atoms with Crippen molar-refractivity contribution in [2.75, 3.05) is 19.7 Å². The molecule has 0 saturated carbocycles. The van der Waals surface area contributed by atoms with Gasteiger partial charge in [-0.1, -0.05) is 26.7 Å². The van der Waals surface area contributed by atoms with Crippen molar-refractivity contribution in [3.63, 3.8) is 0 Å². The van der Waals surface area contributed by atoms with Crippen molar-refractivity contribution >= 4 is 10.0 Å². The van der Waals surface area contributed by atoms with E-state index in [-0.39, 0.29) is 0 Å². The van der Waals surface area contributed by atoms with Gasteiger partial charge in [-0.2, -0.15) is 4.31 Å². The van der Waals surface area contributed by atoms with Crippen LogP contribution in [0.3, 0.4) is 0 Å². The molecule has 126 valence electrons. The molecule has 0 aromatic rings. The summed E-state index contributed by atoms with van der Waals surface area (Å²) in [4.78, 5) is 0. The zero-order valence-electron chi connectivity index (χ0n) is 12.7. The summed E-state index contributed by atoms with van der Waals surface area (Å²) in [6.45, 7) is 4.14. The van der Waals surface area contributed by atoms with E-state index < -0.39 is 40.4 Å². The van der Waals surface area contributed by atoms with E-state index in [2.05, 4.69) is 0 Å². The summed E-state index contributed by atoms with van der Waals surface area (Å²) < 4.78 is 31.7. The van der Waals surface area contributed by atoms with Gasteiger partial charge in [0.2, 0.25) is 15.5 Å². The molecule has 1 heterocycles. The minimum Gasteiger partial charge on any atom is -0.394 e. The Kier molecular flexibility index (Phi) is 7.52. The van der Waals surface area contributed by atoms with Gasteiger partial charge in [-0.25, -0.2) is 8.42 Å². The van der Waals surface area contributed by atoms with Crippen LogP contribution in [0.5, 0.6) is 0 Å². The summed E-state index contributed by atoms with van der Waals surface area (Å²) in [5, 5.41) is 28.7. The maximum absolute atomic E-state index is 12.6. The van der Waals surface area contributed by atoms with Gasteiger partial charge in [0, 0.05) is 13.1 Å². The second-order valence-corrected chi connectivity index (χ2v) is 7.37. The van der Waals surface area contributed by atoms with Crippen molar-refractivity contribution in [3.05, 3.63) is 0 Å². The molecule has 0 bridgehead atoms. The van der Waals surface area contributed by atoms with Crippen LogP contribution in [0, 0.1) is 0 Å². The topological polar surface area (TPSA) is 107 Å². The number of aliphatic hydroxyl groups is 3. The Bertz CT molecular complexity index is 393. The number of ether oxygens (including phenoxy) is 1. The second-order valence-electron chi connectivity index (χ2n) is 5.36. The van der Waals surface area contributed by atoms with Gasteiger partial charge in [-0.15, -0.1) is 0 Å². The largest absolute Gasteiger partial charge is 0.394 e. The minimum atomic E-state index is -3.88. The van der Waals surface area contributed by atoms with E-state index in [1.807, 2.05) is 13.8 Å². The van der Waals surface area contributed by atoms with Gasteiger partial charge < -0.3 is 20.1 Å². The van der Waals surface area contributed by atoms with Crippen LogP contribution in [0.1, 0.15) is 39.5 Å². The van der Waals surface area contributed by atoms with Gasteiger partial charge in [0.15, 0.2) is 0 Å². The van der Waals surface area contributed by atoms with Crippen LogP contribution < -0.4 is 0 Å². The van der Waals surface area contributed by atoms with Crippen LogP contribution in [0.4, 0.5) is 0 Å². The minimum absolute atomic E-state index is 0.366. The fourth-order valence-electron chi connectivity index (χ4n) is 2.29. The molecule has 7 nitrogen and oxygen atoms in total. The lowest BCUT2D eigenvalue weighted by Gasteiger charge is -2.26. The van der Waals surface area contributed by atoms with Gasteiger partial charge in [0.1, 0.15) is 18.3 Å². The third-order valence-electron chi connectivity index (χ3n) is 3.67. The number of rotatable bonds is 9. The highest BCUT2D eigenvalue weighted by Crippen LogP contribution is 2.27. The highest BCUT2D eigenvalue weighted by molar-refractivity contribution is 7.89. The standard InChI is InChI=1S/C13H27NO6S/c1-3-5-7-14(8-6-4-2)21(18,19)13-12(17)11(16)10(9-15)20-13/h10-13,15-17H,3-9H2,1-2H3/t10-,11-,12+,13-/m0/s1. The van der Waals surface area contributed by atoms with E-state index >= 15 is 0 Å².